The van der Waals surface area contributed by atoms with E-state index in [2.05, 4.69) is 10.3 Å². The number of amides is 2. The van der Waals surface area contributed by atoms with E-state index in [1.807, 2.05) is 6.07 Å². The smallest absolute Gasteiger partial charge is 0.251 e. The number of pyridine rings is 1. The van der Waals surface area contributed by atoms with Gasteiger partial charge in [-0.2, -0.15) is 5.26 Å². The van der Waals surface area contributed by atoms with E-state index in [1.54, 1.807) is 24.8 Å². The summed E-state index contributed by atoms with van der Waals surface area (Å²) >= 11 is 0. The van der Waals surface area contributed by atoms with Crippen molar-refractivity contribution in [1.82, 2.24) is 10.3 Å². The number of rotatable bonds is 1. The number of nitriles is 1. The van der Waals surface area contributed by atoms with Crippen molar-refractivity contribution in [2.75, 3.05) is 17.2 Å². The Kier molecular flexibility index (Phi) is 2.86. The molecule has 1 saturated heterocycles. The molecule has 0 bridgehead atoms. The zero-order valence-electron chi connectivity index (χ0n) is 10.6. The lowest BCUT2D eigenvalue weighted by molar-refractivity contribution is -0.135. The van der Waals surface area contributed by atoms with Gasteiger partial charge in [0.05, 0.1) is 12.2 Å². The predicted molar refractivity (Wildman–Crippen MR) is 67.9 cm³/mol. The third-order valence-electron chi connectivity index (χ3n) is 3.08. The number of nitrogen functional groups attached to an aromatic ring is 1. The highest BCUT2D eigenvalue weighted by atomic mass is 16.2. The van der Waals surface area contributed by atoms with E-state index in [9.17, 15) is 9.59 Å². The Hall–Kier alpha value is -2.62. The molecule has 98 valence electrons. The number of anilines is 2. The van der Waals surface area contributed by atoms with Crippen LogP contribution in [0.5, 0.6) is 0 Å². The first kappa shape index (κ1) is 12.8. The van der Waals surface area contributed by atoms with E-state index < -0.39 is 17.4 Å². The Morgan fingerprint density at radius 3 is 2.79 bits per heavy atom. The number of hydrogen-bond acceptors (Lipinski definition) is 6. The van der Waals surface area contributed by atoms with Crippen LogP contribution in [0, 0.1) is 11.3 Å². The van der Waals surface area contributed by atoms with Crippen molar-refractivity contribution < 1.29 is 9.59 Å². The second kappa shape index (κ2) is 4.24. The third kappa shape index (κ3) is 2.08. The van der Waals surface area contributed by atoms with E-state index in [0.717, 1.165) is 0 Å². The molecule has 7 heteroatoms. The Balaban J connectivity index is 2.48. The number of carbonyl (C=O) groups excluding carboxylic acids is 2. The number of hydrogen-bond donors (Lipinski definition) is 2. The van der Waals surface area contributed by atoms with Gasteiger partial charge in [-0.1, -0.05) is 0 Å². The Morgan fingerprint density at radius 2 is 2.16 bits per heavy atom. The van der Waals surface area contributed by atoms with Gasteiger partial charge in [-0.15, -0.1) is 0 Å². The van der Waals surface area contributed by atoms with E-state index in [4.69, 9.17) is 11.0 Å². The fraction of sp³-hybridized carbons (Fsp3) is 0.333. The van der Waals surface area contributed by atoms with Gasteiger partial charge in [0.25, 0.3) is 5.91 Å². The zero-order chi connectivity index (χ0) is 14.2. The maximum absolute atomic E-state index is 11.8. The van der Waals surface area contributed by atoms with Crippen molar-refractivity contribution >= 4 is 23.3 Å². The van der Waals surface area contributed by atoms with E-state index in [0.29, 0.717) is 5.82 Å². The van der Waals surface area contributed by atoms with E-state index >= 15 is 0 Å². The molecule has 19 heavy (non-hydrogen) atoms. The van der Waals surface area contributed by atoms with Gasteiger partial charge >= 0.3 is 0 Å². The van der Waals surface area contributed by atoms with Gasteiger partial charge in [0.1, 0.15) is 17.4 Å². The number of nitrogens with two attached hydrogens (primary N) is 1. The standard InChI is InChI=1S/C12H13N5O2/c1-12(2)11(19)16-10(18)6-17(12)9-4-3-7(14)8(5-13)15-9/h3-4H,6,14H2,1-2H3,(H,16,18,19). The monoisotopic (exact) mass is 259 g/mol. The van der Waals surface area contributed by atoms with Gasteiger partial charge < -0.3 is 10.6 Å². The molecule has 1 aliphatic rings. The highest BCUT2D eigenvalue weighted by molar-refractivity contribution is 6.06. The maximum atomic E-state index is 11.8. The molecular weight excluding hydrogens is 246 g/mol. The van der Waals surface area contributed by atoms with Crippen LogP contribution in [0.1, 0.15) is 19.5 Å². The molecular formula is C12H13N5O2. The number of nitrogens with zero attached hydrogens (tertiary/aromatic N) is 3. The molecule has 0 radical (unpaired) electrons. The SMILES string of the molecule is CC1(C)C(=O)NC(=O)CN1c1ccc(N)c(C#N)n1. The van der Waals surface area contributed by atoms with Gasteiger partial charge in [-0.25, -0.2) is 4.98 Å². The molecule has 7 nitrogen and oxygen atoms in total. The summed E-state index contributed by atoms with van der Waals surface area (Å²) in [6.45, 7) is 3.36. The predicted octanol–water partition coefficient (Wildman–Crippen LogP) is -0.223. The fourth-order valence-corrected chi connectivity index (χ4v) is 1.85. The van der Waals surface area contributed by atoms with Crippen LogP contribution in [0.25, 0.3) is 0 Å². The molecule has 0 spiro atoms. The maximum Gasteiger partial charge on any atom is 0.251 e. The highest BCUT2D eigenvalue weighted by Crippen LogP contribution is 2.26. The van der Waals surface area contributed by atoms with Crippen molar-refractivity contribution in [2.24, 2.45) is 0 Å². The van der Waals surface area contributed by atoms with Gasteiger partial charge in [-0.3, -0.25) is 14.9 Å². The molecule has 1 aromatic rings. The zero-order valence-corrected chi connectivity index (χ0v) is 10.6. The molecule has 2 heterocycles. The van der Waals surface area contributed by atoms with Gasteiger partial charge in [0.2, 0.25) is 5.91 Å². The second-order valence-corrected chi connectivity index (χ2v) is 4.74. The van der Waals surface area contributed by atoms with Crippen LogP contribution in [-0.2, 0) is 9.59 Å². The summed E-state index contributed by atoms with van der Waals surface area (Å²) in [6, 6.07) is 5.00. The fourth-order valence-electron chi connectivity index (χ4n) is 1.85. The number of aromatic nitrogens is 1. The first-order valence-electron chi connectivity index (χ1n) is 5.65. The van der Waals surface area contributed by atoms with E-state index in [-0.39, 0.29) is 17.9 Å². The summed E-state index contributed by atoms with van der Waals surface area (Å²) in [5, 5.41) is 11.2. The third-order valence-corrected chi connectivity index (χ3v) is 3.08. The quantitative estimate of drug-likeness (QED) is 0.674. The Morgan fingerprint density at radius 1 is 1.47 bits per heavy atom. The van der Waals surface area contributed by atoms with Crippen LogP contribution in [0.15, 0.2) is 12.1 Å². The van der Waals surface area contributed by atoms with Crippen LogP contribution in [0.4, 0.5) is 11.5 Å². The Labute approximate surface area is 110 Å². The normalized spacial score (nSPS) is 17.8. The summed E-state index contributed by atoms with van der Waals surface area (Å²) in [7, 11) is 0. The second-order valence-electron chi connectivity index (χ2n) is 4.74. The summed E-state index contributed by atoms with van der Waals surface area (Å²) in [5.74, 6) is -0.429. The molecule has 1 aliphatic heterocycles. The van der Waals surface area contributed by atoms with Crippen molar-refractivity contribution in [1.29, 1.82) is 5.26 Å². The van der Waals surface area contributed by atoms with Crippen LogP contribution in [-0.4, -0.2) is 28.9 Å². The van der Waals surface area contributed by atoms with Crippen molar-refractivity contribution in [2.45, 2.75) is 19.4 Å². The number of nitrogens with one attached hydrogen (secondary N) is 1. The molecule has 0 saturated carbocycles. The summed E-state index contributed by atoms with van der Waals surface area (Å²) in [6.07, 6.45) is 0. The summed E-state index contributed by atoms with van der Waals surface area (Å²) < 4.78 is 0. The topological polar surface area (TPSA) is 112 Å². The number of piperazine rings is 1. The number of imide groups is 1. The van der Waals surface area contributed by atoms with Gasteiger partial charge in [-0.05, 0) is 26.0 Å². The van der Waals surface area contributed by atoms with Crippen LogP contribution < -0.4 is 16.0 Å². The lowest BCUT2D eigenvalue weighted by atomic mass is 9.98. The number of carbonyl (C=O) groups is 2. The van der Waals surface area contributed by atoms with Gasteiger partial charge in [0.15, 0.2) is 5.69 Å². The van der Waals surface area contributed by atoms with Crippen molar-refractivity contribution in [3.8, 4) is 6.07 Å². The average Bonchev–Trinajstić information content (AvgIpc) is 2.35. The van der Waals surface area contributed by atoms with Crippen LogP contribution in [0.2, 0.25) is 0 Å². The van der Waals surface area contributed by atoms with Crippen molar-refractivity contribution in [3.05, 3.63) is 17.8 Å². The molecule has 2 rings (SSSR count). The molecule has 0 aromatic carbocycles. The molecule has 1 aromatic heterocycles. The van der Waals surface area contributed by atoms with Crippen molar-refractivity contribution in [3.63, 3.8) is 0 Å². The largest absolute Gasteiger partial charge is 0.396 e. The minimum atomic E-state index is -0.927. The molecule has 1 fully saturated rings. The molecule has 3 N–H and O–H groups in total. The Bertz CT molecular complexity index is 603. The molecule has 0 aliphatic carbocycles. The van der Waals surface area contributed by atoms with Gasteiger partial charge in [0, 0.05) is 0 Å². The van der Waals surface area contributed by atoms with Crippen LogP contribution in [0.3, 0.4) is 0 Å². The summed E-state index contributed by atoms with van der Waals surface area (Å²) in [4.78, 5) is 29.0. The molecule has 2 amide bonds. The van der Waals surface area contributed by atoms with E-state index in [1.165, 1.54) is 6.07 Å². The van der Waals surface area contributed by atoms with Crippen LogP contribution >= 0.6 is 0 Å². The lowest BCUT2D eigenvalue weighted by Crippen LogP contribution is -2.64. The lowest BCUT2D eigenvalue weighted by Gasteiger charge is -2.40. The minimum absolute atomic E-state index is 0.000522. The average molecular weight is 259 g/mol. The molecule has 0 atom stereocenters. The first-order chi connectivity index (χ1) is 8.86. The summed E-state index contributed by atoms with van der Waals surface area (Å²) in [5.41, 5.74) is 5.01. The first-order valence-corrected chi connectivity index (χ1v) is 5.65. The highest BCUT2D eigenvalue weighted by Gasteiger charge is 2.41. The molecule has 0 unspecified atom stereocenters. The minimum Gasteiger partial charge on any atom is -0.396 e.